The summed E-state index contributed by atoms with van der Waals surface area (Å²) in [5.74, 6) is 0. The summed E-state index contributed by atoms with van der Waals surface area (Å²) in [7, 11) is 2.03. The number of aromatic nitrogens is 3. The molecule has 2 heterocycles. The van der Waals surface area contributed by atoms with Crippen LogP contribution in [0.4, 0.5) is 0 Å². The predicted molar refractivity (Wildman–Crippen MR) is 51.1 cm³/mol. The van der Waals surface area contributed by atoms with Gasteiger partial charge in [0.05, 0.1) is 19.4 Å². The highest BCUT2D eigenvalue weighted by Crippen LogP contribution is 2.06. The number of aryl methyl sites for hydroxylation is 1. The SMILES string of the molecule is C/C=C\c1c2cnccn2c[n+]1C. The maximum Gasteiger partial charge on any atom is 0.249 e. The number of nitrogens with zero attached hydrogens (tertiary/aromatic N) is 3. The van der Waals surface area contributed by atoms with Crippen LogP contribution in [0.5, 0.6) is 0 Å². The molecule has 0 aromatic carbocycles. The lowest BCUT2D eigenvalue weighted by molar-refractivity contribution is -0.671. The summed E-state index contributed by atoms with van der Waals surface area (Å²) in [4.78, 5) is 4.10. The van der Waals surface area contributed by atoms with E-state index in [1.165, 1.54) is 5.69 Å². The van der Waals surface area contributed by atoms with Gasteiger partial charge in [0.15, 0.2) is 11.2 Å². The van der Waals surface area contributed by atoms with Crippen LogP contribution in [0.1, 0.15) is 12.6 Å². The topological polar surface area (TPSA) is 21.2 Å². The Morgan fingerprint density at radius 1 is 1.54 bits per heavy atom. The number of hydrogen-bond acceptors (Lipinski definition) is 1. The zero-order valence-electron chi connectivity index (χ0n) is 7.81. The first-order valence-corrected chi connectivity index (χ1v) is 4.26. The fraction of sp³-hybridized carbons (Fsp3) is 0.200. The standard InChI is InChI=1S/C10H12N3/c1-3-4-9-10-7-11-5-6-13(10)8-12(9)2/h3-8H,1-2H3/q+1/b4-3-. The number of rotatable bonds is 1. The Morgan fingerprint density at radius 3 is 3.15 bits per heavy atom. The molecule has 2 aromatic rings. The highest BCUT2D eigenvalue weighted by molar-refractivity contribution is 5.62. The Kier molecular flexibility index (Phi) is 1.85. The zero-order valence-corrected chi connectivity index (χ0v) is 7.81. The van der Waals surface area contributed by atoms with Crippen LogP contribution >= 0.6 is 0 Å². The maximum absolute atomic E-state index is 4.10. The predicted octanol–water partition coefficient (Wildman–Crippen LogP) is 1.19. The molecular formula is C10H12N3+. The van der Waals surface area contributed by atoms with Gasteiger partial charge in [-0.25, -0.2) is 4.57 Å². The van der Waals surface area contributed by atoms with Crippen LogP contribution in [0, 0.1) is 0 Å². The van der Waals surface area contributed by atoms with E-state index in [-0.39, 0.29) is 0 Å². The second-order valence-electron chi connectivity index (χ2n) is 2.98. The molecule has 3 heteroatoms. The molecule has 0 saturated heterocycles. The summed E-state index contributed by atoms with van der Waals surface area (Å²) >= 11 is 0. The minimum atomic E-state index is 1.13. The van der Waals surface area contributed by atoms with E-state index in [1.807, 2.05) is 38.8 Å². The molecule has 0 bridgehead atoms. The van der Waals surface area contributed by atoms with Crippen LogP contribution in [0.15, 0.2) is 31.0 Å². The lowest BCUT2D eigenvalue weighted by Gasteiger charge is -1.86. The van der Waals surface area contributed by atoms with Crippen LogP contribution in [-0.4, -0.2) is 9.38 Å². The average Bonchev–Trinajstić information content (AvgIpc) is 2.44. The van der Waals surface area contributed by atoms with Gasteiger partial charge in [0, 0.05) is 0 Å². The van der Waals surface area contributed by atoms with E-state index in [0.29, 0.717) is 0 Å². The van der Waals surface area contributed by atoms with Crippen molar-refractivity contribution >= 4 is 11.6 Å². The van der Waals surface area contributed by atoms with Gasteiger partial charge in [-0.05, 0) is 13.0 Å². The van der Waals surface area contributed by atoms with E-state index in [0.717, 1.165) is 5.52 Å². The van der Waals surface area contributed by atoms with E-state index >= 15 is 0 Å². The molecule has 0 aliphatic carbocycles. The molecular weight excluding hydrogens is 162 g/mol. The van der Waals surface area contributed by atoms with Gasteiger partial charge < -0.3 is 0 Å². The van der Waals surface area contributed by atoms with Crippen LogP contribution < -0.4 is 4.57 Å². The van der Waals surface area contributed by atoms with E-state index < -0.39 is 0 Å². The largest absolute Gasteiger partial charge is 0.256 e. The Balaban J connectivity index is 2.78. The van der Waals surface area contributed by atoms with E-state index in [1.54, 1.807) is 6.20 Å². The number of fused-ring (bicyclic) bond motifs is 1. The monoisotopic (exact) mass is 174 g/mol. The summed E-state index contributed by atoms with van der Waals surface area (Å²) in [5, 5.41) is 0. The average molecular weight is 174 g/mol. The normalized spacial score (nSPS) is 11.5. The molecule has 0 aliphatic heterocycles. The summed E-state index contributed by atoms with van der Waals surface area (Å²) in [6.45, 7) is 2.01. The summed E-state index contributed by atoms with van der Waals surface area (Å²) < 4.78 is 4.14. The van der Waals surface area contributed by atoms with Gasteiger partial charge in [-0.3, -0.25) is 4.98 Å². The van der Waals surface area contributed by atoms with Gasteiger partial charge in [-0.1, -0.05) is 6.08 Å². The number of imidazole rings is 1. The van der Waals surface area contributed by atoms with Crippen molar-refractivity contribution in [3.63, 3.8) is 0 Å². The molecule has 0 unspecified atom stereocenters. The molecule has 0 amide bonds. The molecule has 0 saturated carbocycles. The van der Waals surface area contributed by atoms with Gasteiger partial charge in [0.25, 0.3) is 0 Å². The minimum Gasteiger partial charge on any atom is -0.256 e. The smallest absolute Gasteiger partial charge is 0.249 e. The summed E-state index contributed by atoms with van der Waals surface area (Å²) in [6, 6.07) is 0. The van der Waals surface area contributed by atoms with Gasteiger partial charge >= 0.3 is 0 Å². The first-order chi connectivity index (χ1) is 6.33. The summed E-state index contributed by atoms with van der Waals surface area (Å²) in [5.41, 5.74) is 2.30. The van der Waals surface area contributed by atoms with Crippen LogP contribution in [0.25, 0.3) is 11.6 Å². The van der Waals surface area contributed by atoms with Crippen molar-refractivity contribution in [2.45, 2.75) is 6.92 Å². The Morgan fingerprint density at radius 2 is 2.38 bits per heavy atom. The second-order valence-corrected chi connectivity index (χ2v) is 2.98. The lowest BCUT2D eigenvalue weighted by Crippen LogP contribution is -2.27. The molecule has 0 radical (unpaired) electrons. The van der Waals surface area contributed by atoms with Crippen molar-refractivity contribution in [2.24, 2.45) is 7.05 Å². The van der Waals surface area contributed by atoms with Gasteiger partial charge in [0.1, 0.15) is 6.20 Å². The van der Waals surface area contributed by atoms with Gasteiger partial charge in [-0.15, -0.1) is 0 Å². The van der Waals surface area contributed by atoms with Crippen molar-refractivity contribution in [1.82, 2.24) is 9.38 Å². The third kappa shape index (κ3) is 1.22. The van der Waals surface area contributed by atoms with Crippen molar-refractivity contribution < 1.29 is 4.57 Å². The third-order valence-electron chi connectivity index (χ3n) is 2.05. The quantitative estimate of drug-likeness (QED) is 0.595. The molecule has 0 aliphatic rings. The van der Waals surface area contributed by atoms with Crippen molar-refractivity contribution in [2.75, 3.05) is 0 Å². The van der Waals surface area contributed by atoms with Crippen LogP contribution in [-0.2, 0) is 7.05 Å². The van der Waals surface area contributed by atoms with E-state index in [4.69, 9.17) is 0 Å². The molecule has 66 valence electrons. The Hall–Kier alpha value is -1.64. The molecule has 0 atom stereocenters. The fourth-order valence-corrected chi connectivity index (χ4v) is 1.46. The molecule has 2 rings (SSSR count). The maximum atomic E-state index is 4.10. The Labute approximate surface area is 77.0 Å². The van der Waals surface area contributed by atoms with Gasteiger partial charge in [-0.2, -0.15) is 4.40 Å². The number of hydrogen-bond donors (Lipinski definition) is 0. The Bertz CT molecular complexity index is 454. The van der Waals surface area contributed by atoms with E-state index in [2.05, 4.69) is 20.0 Å². The van der Waals surface area contributed by atoms with Gasteiger partial charge in [0.2, 0.25) is 6.33 Å². The highest BCUT2D eigenvalue weighted by Gasteiger charge is 2.10. The minimum absolute atomic E-state index is 1.13. The van der Waals surface area contributed by atoms with Crippen LogP contribution in [0.3, 0.4) is 0 Å². The molecule has 3 nitrogen and oxygen atoms in total. The molecule has 0 spiro atoms. The second kappa shape index (κ2) is 3.01. The van der Waals surface area contributed by atoms with E-state index in [9.17, 15) is 0 Å². The molecule has 0 N–H and O–H groups in total. The first-order valence-electron chi connectivity index (χ1n) is 4.26. The first kappa shape index (κ1) is 7.98. The lowest BCUT2D eigenvalue weighted by atomic mass is 10.3. The molecule has 13 heavy (non-hydrogen) atoms. The molecule has 0 fully saturated rings. The molecule has 2 aromatic heterocycles. The van der Waals surface area contributed by atoms with Crippen molar-refractivity contribution in [1.29, 1.82) is 0 Å². The highest BCUT2D eigenvalue weighted by atomic mass is 15.1. The van der Waals surface area contributed by atoms with Crippen molar-refractivity contribution in [3.05, 3.63) is 36.7 Å². The van der Waals surface area contributed by atoms with Crippen LogP contribution in [0.2, 0.25) is 0 Å². The fourth-order valence-electron chi connectivity index (χ4n) is 1.46. The third-order valence-corrected chi connectivity index (χ3v) is 2.05. The zero-order chi connectivity index (χ0) is 9.26. The number of allylic oxidation sites excluding steroid dienone is 1. The van der Waals surface area contributed by atoms with Crippen molar-refractivity contribution in [3.8, 4) is 0 Å². The summed E-state index contributed by atoms with van der Waals surface area (Å²) in [6.07, 6.45) is 11.7.